The second-order valence-electron chi connectivity index (χ2n) is 7.14. The number of aromatic nitrogens is 6. The fraction of sp³-hybridized carbons (Fsp3) is 0.0909. The van der Waals surface area contributed by atoms with E-state index in [1.165, 1.54) is 13.9 Å². The van der Waals surface area contributed by atoms with Crippen molar-refractivity contribution in [3.05, 3.63) is 105 Å². The summed E-state index contributed by atoms with van der Waals surface area (Å²) in [5.74, 6) is 0. The normalized spacial score (nSPS) is 11.3. The van der Waals surface area contributed by atoms with Crippen molar-refractivity contribution in [3.8, 4) is 11.4 Å². The summed E-state index contributed by atoms with van der Waals surface area (Å²) < 4.78 is 5.60. The summed E-state index contributed by atoms with van der Waals surface area (Å²) >= 11 is 5.93. The van der Waals surface area contributed by atoms with Crippen molar-refractivity contribution in [2.24, 2.45) is 7.05 Å². The van der Waals surface area contributed by atoms with Crippen LogP contribution >= 0.6 is 11.6 Å². The van der Waals surface area contributed by atoms with Gasteiger partial charge < -0.3 is 0 Å². The van der Waals surface area contributed by atoms with Gasteiger partial charge in [0.1, 0.15) is 0 Å². The number of fused-ring (bicyclic) bond motifs is 1. The molecule has 0 atom stereocenters. The van der Waals surface area contributed by atoms with E-state index in [1.54, 1.807) is 54.5 Å². The van der Waals surface area contributed by atoms with Crippen LogP contribution in [0.3, 0.4) is 0 Å². The molecule has 31 heavy (non-hydrogen) atoms. The molecule has 9 heteroatoms. The van der Waals surface area contributed by atoms with E-state index in [2.05, 4.69) is 10.1 Å². The Balaban J connectivity index is 1.57. The first-order chi connectivity index (χ1) is 15.0. The number of halogens is 1. The first-order valence-electron chi connectivity index (χ1n) is 9.55. The van der Waals surface area contributed by atoms with E-state index in [-0.39, 0.29) is 6.54 Å². The average Bonchev–Trinajstić information content (AvgIpc) is 3.30. The Hall–Kier alpha value is -3.91. The molecule has 0 aliphatic rings. The molecule has 0 radical (unpaired) electrons. The van der Waals surface area contributed by atoms with Crippen LogP contribution < -0.4 is 11.4 Å². The minimum Gasteiger partial charge on any atom is -0.262 e. The second kappa shape index (κ2) is 7.41. The molecule has 3 aromatic heterocycles. The molecule has 3 heterocycles. The fourth-order valence-corrected chi connectivity index (χ4v) is 3.67. The van der Waals surface area contributed by atoms with Gasteiger partial charge in [-0.05, 0) is 48.0 Å². The monoisotopic (exact) mass is 432 g/mol. The Morgan fingerprint density at radius 1 is 0.968 bits per heavy atom. The highest BCUT2D eigenvalue weighted by Crippen LogP contribution is 2.18. The highest BCUT2D eigenvalue weighted by atomic mass is 35.5. The third-order valence-corrected chi connectivity index (χ3v) is 5.37. The van der Waals surface area contributed by atoms with E-state index in [9.17, 15) is 9.59 Å². The molecule has 0 N–H and O–H groups in total. The SMILES string of the molecule is Cn1c(=O)n(Cc2ccc(Cl)cc2)c(=O)n1-c1ccc2nn(-c3cccnc3)cc2c1. The minimum absolute atomic E-state index is 0.164. The standard InChI is InChI=1S/C22H17ClN6O2/c1-26-21(30)27(13-15-4-6-17(23)7-5-15)22(31)29(26)18-8-9-20-16(11-18)14-28(25-20)19-3-2-10-24-12-19/h2-12,14H,13H2,1H3. The molecule has 0 amide bonds. The van der Waals surface area contributed by atoms with Gasteiger partial charge in [0.05, 0.1) is 29.6 Å². The molecule has 0 fully saturated rings. The zero-order valence-electron chi connectivity index (χ0n) is 16.5. The summed E-state index contributed by atoms with van der Waals surface area (Å²) in [4.78, 5) is 30.0. The largest absolute Gasteiger partial charge is 0.352 e. The van der Waals surface area contributed by atoms with Gasteiger partial charge in [-0.1, -0.05) is 23.7 Å². The van der Waals surface area contributed by atoms with Crippen molar-refractivity contribution >= 4 is 22.5 Å². The Morgan fingerprint density at radius 3 is 2.52 bits per heavy atom. The first-order valence-corrected chi connectivity index (χ1v) is 9.92. The van der Waals surface area contributed by atoms with E-state index in [0.717, 1.165) is 22.2 Å². The van der Waals surface area contributed by atoms with Gasteiger partial charge in [-0.2, -0.15) is 9.78 Å². The molecule has 0 aliphatic carbocycles. The van der Waals surface area contributed by atoms with Crippen molar-refractivity contribution in [2.45, 2.75) is 6.54 Å². The number of nitrogens with zero attached hydrogens (tertiary/aromatic N) is 6. The van der Waals surface area contributed by atoms with E-state index in [0.29, 0.717) is 10.7 Å². The van der Waals surface area contributed by atoms with Gasteiger partial charge in [-0.3, -0.25) is 4.98 Å². The lowest BCUT2D eigenvalue weighted by molar-refractivity contribution is 0.627. The summed E-state index contributed by atoms with van der Waals surface area (Å²) in [5.41, 5.74) is 2.19. The summed E-state index contributed by atoms with van der Waals surface area (Å²) in [7, 11) is 1.57. The predicted molar refractivity (Wildman–Crippen MR) is 118 cm³/mol. The van der Waals surface area contributed by atoms with Gasteiger partial charge in [0.15, 0.2) is 0 Å². The molecule has 0 spiro atoms. The van der Waals surface area contributed by atoms with E-state index < -0.39 is 11.4 Å². The Kier molecular flexibility index (Phi) is 4.56. The van der Waals surface area contributed by atoms with Gasteiger partial charge in [-0.15, -0.1) is 0 Å². The first kappa shape index (κ1) is 19.1. The van der Waals surface area contributed by atoms with Crippen LogP contribution in [0, 0.1) is 0 Å². The van der Waals surface area contributed by atoms with Crippen LogP contribution in [0.4, 0.5) is 0 Å². The number of rotatable bonds is 4. The average molecular weight is 433 g/mol. The molecule has 0 saturated heterocycles. The van der Waals surface area contributed by atoms with E-state index >= 15 is 0 Å². The number of hydrogen-bond donors (Lipinski definition) is 0. The van der Waals surface area contributed by atoms with Crippen molar-refractivity contribution in [1.82, 2.24) is 28.7 Å². The van der Waals surface area contributed by atoms with Crippen LogP contribution in [0.5, 0.6) is 0 Å². The van der Waals surface area contributed by atoms with Crippen LogP contribution in [-0.4, -0.2) is 28.7 Å². The highest BCUT2D eigenvalue weighted by Gasteiger charge is 2.16. The van der Waals surface area contributed by atoms with Crippen LogP contribution in [-0.2, 0) is 13.6 Å². The lowest BCUT2D eigenvalue weighted by Crippen LogP contribution is -2.29. The summed E-state index contributed by atoms with van der Waals surface area (Å²) in [5, 5.41) is 5.99. The lowest BCUT2D eigenvalue weighted by atomic mass is 10.2. The summed E-state index contributed by atoms with van der Waals surface area (Å²) in [6, 6.07) is 16.2. The zero-order chi connectivity index (χ0) is 21.5. The van der Waals surface area contributed by atoms with Crippen molar-refractivity contribution < 1.29 is 0 Å². The Bertz CT molecular complexity index is 1510. The zero-order valence-corrected chi connectivity index (χ0v) is 17.3. The number of benzene rings is 2. The molecule has 154 valence electrons. The molecule has 0 aliphatic heterocycles. The third-order valence-electron chi connectivity index (χ3n) is 5.12. The summed E-state index contributed by atoms with van der Waals surface area (Å²) in [6.07, 6.45) is 5.29. The van der Waals surface area contributed by atoms with Crippen LogP contribution in [0.2, 0.25) is 5.02 Å². The predicted octanol–water partition coefficient (Wildman–Crippen LogP) is 2.77. The van der Waals surface area contributed by atoms with Crippen LogP contribution in [0.25, 0.3) is 22.3 Å². The Labute approximate surface area is 181 Å². The second-order valence-corrected chi connectivity index (χ2v) is 7.58. The Morgan fingerprint density at radius 2 is 1.77 bits per heavy atom. The van der Waals surface area contributed by atoms with Crippen LogP contribution in [0.1, 0.15) is 5.56 Å². The number of hydrogen-bond acceptors (Lipinski definition) is 4. The molecule has 8 nitrogen and oxygen atoms in total. The topological polar surface area (TPSA) is 79.6 Å². The van der Waals surface area contributed by atoms with Crippen LogP contribution in [0.15, 0.2) is 82.8 Å². The third kappa shape index (κ3) is 3.36. The van der Waals surface area contributed by atoms with Gasteiger partial charge in [0, 0.05) is 29.9 Å². The van der Waals surface area contributed by atoms with Gasteiger partial charge in [-0.25, -0.2) is 23.5 Å². The number of pyridine rings is 1. The van der Waals surface area contributed by atoms with Gasteiger partial charge in [0.25, 0.3) is 0 Å². The molecule has 2 aromatic carbocycles. The lowest BCUT2D eigenvalue weighted by Gasteiger charge is -2.04. The quantitative estimate of drug-likeness (QED) is 0.437. The van der Waals surface area contributed by atoms with Crippen molar-refractivity contribution in [1.29, 1.82) is 0 Å². The molecule has 5 rings (SSSR count). The molecule has 0 saturated carbocycles. The minimum atomic E-state index is -0.415. The van der Waals surface area contributed by atoms with E-state index in [4.69, 9.17) is 11.6 Å². The molecule has 0 unspecified atom stereocenters. The maximum absolute atomic E-state index is 13.1. The van der Waals surface area contributed by atoms with Crippen molar-refractivity contribution in [2.75, 3.05) is 0 Å². The fourth-order valence-electron chi connectivity index (χ4n) is 3.54. The smallest absolute Gasteiger partial charge is 0.262 e. The van der Waals surface area contributed by atoms with Gasteiger partial charge >= 0.3 is 11.4 Å². The molecular weight excluding hydrogens is 416 g/mol. The van der Waals surface area contributed by atoms with E-state index in [1.807, 2.05) is 30.5 Å². The maximum Gasteiger partial charge on any atom is 0.352 e. The summed E-state index contributed by atoms with van der Waals surface area (Å²) in [6.45, 7) is 0.164. The molecular formula is C22H17ClN6O2. The maximum atomic E-state index is 13.1. The molecule has 0 bridgehead atoms. The highest BCUT2D eigenvalue weighted by molar-refractivity contribution is 6.30. The molecule has 5 aromatic rings. The van der Waals surface area contributed by atoms with Gasteiger partial charge in [0.2, 0.25) is 0 Å². The van der Waals surface area contributed by atoms with Crippen molar-refractivity contribution in [3.63, 3.8) is 0 Å².